The number of hydrogen-bond donors (Lipinski definition) is 0. The van der Waals surface area contributed by atoms with Crippen LogP contribution in [-0.4, -0.2) is 41.1 Å². The molecule has 0 spiro atoms. The molecule has 30 heavy (non-hydrogen) atoms. The van der Waals surface area contributed by atoms with Gasteiger partial charge >= 0.3 is 0 Å². The number of halogens is 1. The lowest BCUT2D eigenvalue weighted by Gasteiger charge is -2.31. The number of hydrogen-bond acceptors (Lipinski definition) is 5. The van der Waals surface area contributed by atoms with Gasteiger partial charge in [-0.05, 0) is 49.1 Å². The van der Waals surface area contributed by atoms with Gasteiger partial charge in [0.2, 0.25) is 17.6 Å². The van der Waals surface area contributed by atoms with Gasteiger partial charge in [-0.2, -0.15) is 4.98 Å². The molecule has 7 heteroatoms. The van der Waals surface area contributed by atoms with Crippen LogP contribution in [0.25, 0.3) is 11.4 Å². The molecule has 0 aliphatic carbocycles. The van der Waals surface area contributed by atoms with Gasteiger partial charge in [-0.1, -0.05) is 29.4 Å². The van der Waals surface area contributed by atoms with E-state index in [0.717, 1.165) is 30.7 Å². The number of benzene rings is 2. The molecule has 6 nitrogen and oxygen atoms in total. The van der Waals surface area contributed by atoms with Crippen LogP contribution in [0.5, 0.6) is 5.75 Å². The number of methoxy groups -OCH3 is 1. The molecule has 1 fully saturated rings. The van der Waals surface area contributed by atoms with Crippen molar-refractivity contribution in [2.24, 2.45) is 0 Å². The Morgan fingerprint density at radius 2 is 2.10 bits per heavy atom. The molecule has 2 heterocycles. The third kappa shape index (κ3) is 4.67. The van der Waals surface area contributed by atoms with Gasteiger partial charge < -0.3 is 14.2 Å². The molecule has 1 atom stereocenters. The number of carbonyl (C=O) groups excluding carboxylic acids is 1. The van der Waals surface area contributed by atoms with Crippen molar-refractivity contribution in [3.8, 4) is 17.1 Å². The summed E-state index contributed by atoms with van der Waals surface area (Å²) in [6.07, 6.45) is 2.91. The van der Waals surface area contributed by atoms with Gasteiger partial charge in [0.05, 0.1) is 13.0 Å². The summed E-state index contributed by atoms with van der Waals surface area (Å²) in [4.78, 5) is 19.1. The fraction of sp³-hybridized carbons (Fsp3) is 0.348. The second-order valence-corrected chi connectivity index (χ2v) is 7.49. The minimum Gasteiger partial charge on any atom is -0.497 e. The lowest BCUT2D eigenvalue weighted by atomic mass is 9.97. The largest absolute Gasteiger partial charge is 0.497 e. The topological polar surface area (TPSA) is 68.5 Å². The number of amides is 1. The summed E-state index contributed by atoms with van der Waals surface area (Å²) >= 11 is 0. The van der Waals surface area contributed by atoms with E-state index in [4.69, 9.17) is 9.26 Å². The summed E-state index contributed by atoms with van der Waals surface area (Å²) in [6.45, 7) is 1.30. The average Bonchev–Trinajstić information content (AvgIpc) is 3.28. The normalized spacial score (nSPS) is 16.5. The Bertz CT molecular complexity index is 1000. The third-order valence-corrected chi connectivity index (χ3v) is 5.43. The number of piperidine rings is 1. The lowest BCUT2D eigenvalue weighted by molar-refractivity contribution is -0.132. The number of rotatable bonds is 6. The SMILES string of the molecule is COc1ccc(CCC(=O)N2CCCC(c3nc(-c4cccc(F)c4)no3)C2)cc1. The predicted octanol–water partition coefficient (Wildman–Crippen LogP) is 4.22. The lowest BCUT2D eigenvalue weighted by Crippen LogP contribution is -2.39. The molecule has 1 unspecified atom stereocenters. The molecule has 156 valence electrons. The monoisotopic (exact) mass is 409 g/mol. The number of aromatic nitrogens is 2. The van der Waals surface area contributed by atoms with Crippen LogP contribution < -0.4 is 4.74 Å². The highest BCUT2D eigenvalue weighted by atomic mass is 19.1. The van der Waals surface area contributed by atoms with E-state index in [1.165, 1.54) is 12.1 Å². The molecule has 2 aromatic carbocycles. The first kappa shape index (κ1) is 20.1. The van der Waals surface area contributed by atoms with Crippen molar-refractivity contribution in [3.63, 3.8) is 0 Å². The Labute approximate surface area is 174 Å². The Hall–Kier alpha value is -3.22. The van der Waals surface area contributed by atoms with Gasteiger partial charge in [-0.25, -0.2) is 4.39 Å². The molecule has 1 aliphatic heterocycles. The van der Waals surface area contributed by atoms with Gasteiger partial charge in [0.25, 0.3) is 0 Å². The van der Waals surface area contributed by atoms with Crippen molar-refractivity contribution in [1.82, 2.24) is 15.0 Å². The van der Waals surface area contributed by atoms with Crippen LogP contribution in [0.3, 0.4) is 0 Å². The van der Waals surface area contributed by atoms with Crippen LogP contribution in [-0.2, 0) is 11.2 Å². The van der Waals surface area contributed by atoms with Gasteiger partial charge in [0.15, 0.2) is 0 Å². The van der Waals surface area contributed by atoms with Crippen LogP contribution in [0, 0.1) is 5.82 Å². The molecule has 0 N–H and O–H groups in total. The summed E-state index contributed by atoms with van der Waals surface area (Å²) in [5.74, 6) is 1.46. The standard InChI is InChI=1S/C23H24FN3O3/c1-29-20-10-7-16(8-11-20)9-12-21(28)27-13-3-5-18(15-27)23-25-22(26-30-23)17-4-2-6-19(24)14-17/h2,4,6-8,10-11,14,18H,3,5,9,12-13,15H2,1H3. The molecular weight excluding hydrogens is 385 g/mol. The van der Waals surface area contributed by atoms with E-state index < -0.39 is 0 Å². The zero-order chi connectivity index (χ0) is 20.9. The first-order valence-corrected chi connectivity index (χ1v) is 10.1. The highest BCUT2D eigenvalue weighted by Crippen LogP contribution is 2.28. The van der Waals surface area contributed by atoms with Gasteiger partial charge in [-0.3, -0.25) is 4.79 Å². The number of ether oxygens (including phenoxy) is 1. The quantitative estimate of drug-likeness (QED) is 0.610. The Balaban J connectivity index is 1.36. The molecule has 4 rings (SSSR count). The van der Waals surface area contributed by atoms with E-state index in [0.29, 0.717) is 36.7 Å². The van der Waals surface area contributed by atoms with Crippen molar-refractivity contribution >= 4 is 5.91 Å². The number of nitrogens with zero attached hydrogens (tertiary/aromatic N) is 3. The molecule has 0 saturated carbocycles. The molecule has 1 amide bonds. The molecule has 1 saturated heterocycles. The predicted molar refractivity (Wildman–Crippen MR) is 110 cm³/mol. The molecule has 3 aromatic rings. The molecular formula is C23H24FN3O3. The number of aryl methyl sites for hydroxylation is 1. The molecule has 1 aromatic heterocycles. The summed E-state index contributed by atoms with van der Waals surface area (Å²) in [5, 5.41) is 4.00. The second-order valence-electron chi connectivity index (χ2n) is 7.49. The van der Waals surface area contributed by atoms with Gasteiger partial charge in [0.1, 0.15) is 11.6 Å². The molecule has 0 radical (unpaired) electrons. The van der Waals surface area contributed by atoms with Crippen LogP contribution in [0.4, 0.5) is 4.39 Å². The fourth-order valence-electron chi connectivity index (χ4n) is 3.75. The smallest absolute Gasteiger partial charge is 0.231 e. The summed E-state index contributed by atoms with van der Waals surface area (Å²) in [5.41, 5.74) is 1.68. The van der Waals surface area contributed by atoms with Crippen LogP contribution in [0.2, 0.25) is 0 Å². The zero-order valence-corrected chi connectivity index (χ0v) is 16.9. The van der Waals surface area contributed by atoms with E-state index in [2.05, 4.69) is 10.1 Å². The van der Waals surface area contributed by atoms with E-state index in [1.807, 2.05) is 29.2 Å². The van der Waals surface area contributed by atoms with Gasteiger partial charge in [-0.15, -0.1) is 0 Å². The highest BCUT2D eigenvalue weighted by Gasteiger charge is 2.28. The van der Waals surface area contributed by atoms with Crippen molar-refractivity contribution in [2.75, 3.05) is 20.2 Å². The first-order chi connectivity index (χ1) is 14.6. The third-order valence-electron chi connectivity index (χ3n) is 5.43. The Morgan fingerprint density at radius 3 is 2.87 bits per heavy atom. The summed E-state index contributed by atoms with van der Waals surface area (Å²) < 4.78 is 24.1. The molecule has 0 bridgehead atoms. The first-order valence-electron chi connectivity index (χ1n) is 10.1. The minimum atomic E-state index is -0.342. The van der Waals surface area contributed by atoms with Crippen molar-refractivity contribution in [3.05, 3.63) is 65.8 Å². The maximum absolute atomic E-state index is 13.5. The summed E-state index contributed by atoms with van der Waals surface area (Å²) in [6, 6.07) is 13.9. The maximum Gasteiger partial charge on any atom is 0.231 e. The fourth-order valence-corrected chi connectivity index (χ4v) is 3.75. The second kappa shape index (κ2) is 9.07. The van der Waals surface area contributed by atoms with E-state index in [1.54, 1.807) is 19.2 Å². The van der Waals surface area contributed by atoms with Gasteiger partial charge in [0, 0.05) is 25.1 Å². The Morgan fingerprint density at radius 1 is 1.27 bits per heavy atom. The van der Waals surface area contributed by atoms with Crippen molar-refractivity contribution in [2.45, 2.75) is 31.6 Å². The Kier molecular flexibility index (Phi) is 6.07. The van der Waals surface area contributed by atoms with Crippen molar-refractivity contribution < 1.29 is 18.4 Å². The number of likely N-dealkylation sites (tertiary alicyclic amines) is 1. The van der Waals surface area contributed by atoms with Crippen LogP contribution >= 0.6 is 0 Å². The van der Waals surface area contributed by atoms with Crippen molar-refractivity contribution in [1.29, 1.82) is 0 Å². The van der Waals surface area contributed by atoms with E-state index in [-0.39, 0.29) is 17.6 Å². The molecule has 1 aliphatic rings. The van der Waals surface area contributed by atoms with Crippen LogP contribution in [0.15, 0.2) is 53.1 Å². The number of carbonyl (C=O) groups is 1. The van der Waals surface area contributed by atoms with E-state index >= 15 is 0 Å². The van der Waals surface area contributed by atoms with E-state index in [9.17, 15) is 9.18 Å². The maximum atomic E-state index is 13.5. The zero-order valence-electron chi connectivity index (χ0n) is 16.9. The summed E-state index contributed by atoms with van der Waals surface area (Å²) in [7, 11) is 1.63. The van der Waals surface area contributed by atoms with Crippen LogP contribution in [0.1, 0.15) is 36.6 Å². The average molecular weight is 409 g/mol. The minimum absolute atomic E-state index is 0.00139. The highest BCUT2D eigenvalue weighted by molar-refractivity contribution is 5.76.